The maximum absolute atomic E-state index is 5.16. The van der Waals surface area contributed by atoms with E-state index in [0.29, 0.717) is 5.92 Å². The Hall–Kier alpha value is -1.63. The van der Waals surface area contributed by atoms with Crippen molar-refractivity contribution < 1.29 is 0 Å². The third-order valence-corrected chi connectivity index (χ3v) is 5.70. The van der Waals surface area contributed by atoms with Gasteiger partial charge in [-0.15, -0.1) is 0 Å². The fraction of sp³-hybridized carbons (Fsp3) is 0.500. The molecular formula is C22H29N. The molecule has 1 nitrogen and oxygen atoms in total. The first-order valence-electron chi connectivity index (χ1n) is 9.23. The van der Waals surface area contributed by atoms with Crippen molar-refractivity contribution in [1.29, 1.82) is 0 Å². The van der Waals surface area contributed by atoms with Gasteiger partial charge in [-0.05, 0) is 55.4 Å². The third kappa shape index (κ3) is 3.20. The fourth-order valence-electron chi connectivity index (χ4n) is 4.08. The molecule has 0 fully saturated rings. The smallest absolute Gasteiger partial charge is 0.0482 e. The predicted octanol–water partition coefficient (Wildman–Crippen LogP) is 6.02. The highest BCUT2D eigenvalue weighted by Crippen LogP contribution is 2.37. The number of aromatic nitrogens is 1. The number of fused-ring (bicyclic) bond motifs is 1. The van der Waals surface area contributed by atoms with Crippen LogP contribution in [0.5, 0.6) is 0 Å². The molecular weight excluding hydrogens is 278 g/mol. The SMILES string of the molecule is CCCC(C)(CC)c1cccc(C2CCCc3ccccc32)n1. The molecule has 23 heavy (non-hydrogen) atoms. The zero-order valence-corrected chi connectivity index (χ0v) is 14.8. The first-order chi connectivity index (χ1) is 11.2. The van der Waals surface area contributed by atoms with E-state index < -0.39 is 0 Å². The fourth-order valence-corrected chi connectivity index (χ4v) is 4.08. The molecule has 122 valence electrons. The molecule has 1 aromatic carbocycles. The van der Waals surface area contributed by atoms with Crippen molar-refractivity contribution in [2.75, 3.05) is 0 Å². The van der Waals surface area contributed by atoms with Crippen LogP contribution in [0.2, 0.25) is 0 Å². The molecule has 0 spiro atoms. The minimum Gasteiger partial charge on any atom is -0.257 e. The molecule has 0 aliphatic heterocycles. The van der Waals surface area contributed by atoms with Crippen LogP contribution in [0.1, 0.15) is 81.3 Å². The molecule has 1 heterocycles. The first-order valence-corrected chi connectivity index (χ1v) is 9.23. The highest BCUT2D eigenvalue weighted by molar-refractivity contribution is 5.38. The first kappa shape index (κ1) is 16.2. The van der Waals surface area contributed by atoms with Crippen molar-refractivity contribution in [2.24, 2.45) is 0 Å². The standard InChI is InChI=1S/C22H29N/c1-4-16-22(3,5-2)21-15-9-14-20(23-21)19-13-8-11-17-10-6-7-12-18(17)19/h6-7,9-10,12,14-15,19H,4-5,8,11,13,16H2,1-3H3. The van der Waals surface area contributed by atoms with Crippen LogP contribution in [-0.4, -0.2) is 4.98 Å². The van der Waals surface area contributed by atoms with Gasteiger partial charge in [0.25, 0.3) is 0 Å². The largest absolute Gasteiger partial charge is 0.257 e. The molecule has 1 aliphatic rings. The number of pyridine rings is 1. The lowest BCUT2D eigenvalue weighted by molar-refractivity contribution is 0.400. The van der Waals surface area contributed by atoms with Crippen molar-refractivity contribution in [3.63, 3.8) is 0 Å². The summed E-state index contributed by atoms with van der Waals surface area (Å²) in [7, 11) is 0. The normalized spacial score (nSPS) is 19.9. The predicted molar refractivity (Wildman–Crippen MR) is 98.0 cm³/mol. The number of nitrogens with zero attached hydrogens (tertiary/aromatic N) is 1. The molecule has 0 bridgehead atoms. The van der Waals surface area contributed by atoms with Gasteiger partial charge in [0, 0.05) is 22.7 Å². The van der Waals surface area contributed by atoms with Crippen molar-refractivity contribution in [1.82, 2.24) is 4.98 Å². The van der Waals surface area contributed by atoms with Gasteiger partial charge in [0.1, 0.15) is 0 Å². The van der Waals surface area contributed by atoms with Gasteiger partial charge >= 0.3 is 0 Å². The van der Waals surface area contributed by atoms with Crippen molar-refractivity contribution in [3.05, 3.63) is 65.0 Å². The molecule has 0 N–H and O–H groups in total. The van der Waals surface area contributed by atoms with Gasteiger partial charge in [-0.25, -0.2) is 0 Å². The molecule has 1 aliphatic carbocycles. The summed E-state index contributed by atoms with van der Waals surface area (Å²) < 4.78 is 0. The Kier molecular flexibility index (Phi) is 4.84. The maximum Gasteiger partial charge on any atom is 0.0482 e. The van der Waals surface area contributed by atoms with E-state index in [0.717, 1.165) is 6.42 Å². The van der Waals surface area contributed by atoms with Gasteiger partial charge in [-0.1, -0.05) is 57.5 Å². The average molecular weight is 307 g/mol. The van der Waals surface area contributed by atoms with E-state index in [9.17, 15) is 0 Å². The molecule has 0 radical (unpaired) electrons. The minimum absolute atomic E-state index is 0.207. The van der Waals surface area contributed by atoms with Gasteiger partial charge in [0.2, 0.25) is 0 Å². The second-order valence-corrected chi connectivity index (χ2v) is 7.26. The molecule has 3 rings (SSSR count). The summed E-state index contributed by atoms with van der Waals surface area (Å²) in [6, 6.07) is 15.6. The van der Waals surface area contributed by atoms with E-state index >= 15 is 0 Å². The molecule has 1 heteroatoms. The van der Waals surface area contributed by atoms with E-state index in [2.05, 4.69) is 63.2 Å². The highest BCUT2D eigenvalue weighted by atomic mass is 14.7. The summed E-state index contributed by atoms with van der Waals surface area (Å²) in [5.74, 6) is 0.475. The molecule has 2 atom stereocenters. The number of hydrogen-bond acceptors (Lipinski definition) is 1. The van der Waals surface area contributed by atoms with Crippen LogP contribution in [0.4, 0.5) is 0 Å². The Morgan fingerprint density at radius 3 is 2.70 bits per heavy atom. The highest BCUT2D eigenvalue weighted by Gasteiger charge is 2.27. The lowest BCUT2D eigenvalue weighted by Crippen LogP contribution is -2.23. The Balaban J connectivity index is 1.98. The monoisotopic (exact) mass is 307 g/mol. The second-order valence-electron chi connectivity index (χ2n) is 7.26. The zero-order valence-electron chi connectivity index (χ0n) is 14.8. The number of aryl methyl sites for hydroxylation is 1. The van der Waals surface area contributed by atoms with Gasteiger partial charge in [0.15, 0.2) is 0 Å². The van der Waals surface area contributed by atoms with Gasteiger partial charge in [0.05, 0.1) is 0 Å². The van der Waals surface area contributed by atoms with Crippen LogP contribution < -0.4 is 0 Å². The summed E-state index contributed by atoms with van der Waals surface area (Å²) in [6.07, 6.45) is 7.29. The Bertz CT molecular complexity index is 661. The molecule has 1 aromatic heterocycles. The van der Waals surface area contributed by atoms with Gasteiger partial charge in [-0.2, -0.15) is 0 Å². The Labute approximate surface area is 141 Å². The summed E-state index contributed by atoms with van der Waals surface area (Å²) in [4.78, 5) is 5.16. The van der Waals surface area contributed by atoms with Gasteiger partial charge in [-0.3, -0.25) is 4.98 Å². The van der Waals surface area contributed by atoms with Crippen LogP contribution in [-0.2, 0) is 11.8 Å². The van der Waals surface area contributed by atoms with E-state index in [1.54, 1.807) is 0 Å². The second kappa shape index (κ2) is 6.86. The van der Waals surface area contributed by atoms with Crippen LogP contribution >= 0.6 is 0 Å². The van der Waals surface area contributed by atoms with Crippen LogP contribution in [0.25, 0.3) is 0 Å². The number of benzene rings is 1. The van der Waals surface area contributed by atoms with Crippen molar-refractivity contribution in [2.45, 2.75) is 70.6 Å². The molecule has 2 aromatic rings. The average Bonchev–Trinajstić information content (AvgIpc) is 2.61. The lowest BCUT2D eigenvalue weighted by Gasteiger charge is -2.30. The van der Waals surface area contributed by atoms with E-state index in [1.165, 1.54) is 54.6 Å². The topological polar surface area (TPSA) is 12.9 Å². The summed E-state index contributed by atoms with van der Waals surface area (Å²) in [5, 5.41) is 0. The quantitative estimate of drug-likeness (QED) is 0.658. The van der Waals surface area contributed by atoms with E-state index in [-0.39, 0.29) is 5.41 Å². The van der Waals surface area contributed by atoms with E-state index in [4.69, 9.17) is 4.98 Å². The van der Waals surface area contributed by atoms with E-state index in [1.807, 2.05) is 0 Å². The summed E-state index contributed by atoms with van der Waals surface area (Å²) in [6.45, 7) is 6.94. The van der Waals surface area contributed by atoms with Crippen LogP contribution in [0, 0.1) is 0 Å². The summed E-state index contributed by atoms with van der Waals surface area (Å²) >= 11 is 0. The van der Waals surface area contributed by atoms with Crippen molar-refractivity contribution in [3.8, 4) is 0 Å². The number of hydrogen-bond donors (Lipinski definition) is 0. The minimum atomic E-state index is 0.207. The Morgan fingerprint density at radius 2 is 1.91 bits per heavy atom. The lowest BCUT2D eigenvalue weighted by atomic mass is 9.78. The third-order valence-electron chi connectivity index (χ3n) is 5.70. The Morgan fingerprint density at radius 1 is 1.09 bits per heavy atom. The van der Waals surface area contributed by atoms with Crippen LogP contribution in [0.15, 0.2) is 42.5 Å². The number of rotatable bonds is 5. The zero-order chi connectivity index (χ0) is 16.3. The molecule has 0 saturated carbocycles. The molecule has 0 saturated heterocycles. The van der Waals surface area contributed by atoms with Crippen molar-refractivity contribution >= 4 is 0 Å². The molecule has 2 unspecified atom stereocenters. The van der Waals surface area contributed by atoms with Crippen LogP contribution in [0.3, 0.4) is 0 Å². The molecule has 0 amide bonds. The maximum atomic E-state index is 5.16. The van der Waals surface area contributed by atoms with Gasteiger partial charge < -0.3 is 0 Å². The summed E-state index contributed by atoms with van der Waals surface area (Å²) in [5.41, 5.74) is 5.77.